The Morgan fingerprint density at radius 3 is 2.50 bits per heavy atom. The van der Waals surface area contributed by atoms with E-state index in [1.54, 1.807) is 25.3 Å². The molecular weight excluding hydrogens is 254 g/mol. The Labute approximate surface area is 118 Å². The van der Waals surface area contributed by atoms with Crippen LogP contribution in [0.25, 0.3) is 11.3 Å². The van der Waals surface area contributed by atoms with Gasteiger partial charge < -0.3 is 9.47 Å². The fourth-order valence-corrected chi connectivity index (χ4v) is 1.82. The highest BCUT2D eigenvalue weighted by Gasteiger charge is 2.08. The lowest BCUT2D eigenvalue weighted by atomic mass is 10.1. The van der Waals surface area contributed by atoms with E-state index in [2.05, 4.69) is 4.98 Å². The Morgan fingerprint density at radius 1 is 1.10 bits per heavy atom. The molecule has 0 spiro atoms. The second kappa shape index (κ2) is 6.70. The van der Waals surface area contributed by atoms with Gasteiger partial charge in [0.05, 0.1) is 24.5 Å². The molecule has 0 saturated heterocycles. The molecule has 0 fully saturated rings. The Bertz CT molecular complexity index is 579. The first-order valence-corrected chi connectivity index (χ1v) is 6.61. The molecule has 1 aromatic heterocycles. The van der Waals surface area contributed by atoms with Crippen LogP contribution >= 0.6 is 0 Å². The van der Waals surface area contributed by atoms with Gasteiger partial charge in [-0.3, -0.25) is 4.98 Å². The average Bonchev–Trinajstić information content (AvgIpc) is 2.49. The summed E-state index contributed by atoms with van der Waals surface area (Å²) in [5.41, 5.74) is 2.17. The first kappa shape index (κ1) is 14.1. The van der Waals surface area contributed by atoms with Crippen molar-refractivity contribution in [3.8, 4) is 17.0 Å². The highest BCUT2D eigenvalue weighted by molar-refractivity contribution is 5.90. The molecule has 0 radical (unpaired) electrons. The van der Waals surface area contributed by atoms with E-state index in [9.17, 15) is 4.79 Å². The normalized spacial score (nSPS) is 10.1. The van der Waals surface area contributed by atoms with Crippen LogP contribution < -0.4 is 4.74 Å². The highest BCUT2D eigenvalue weighted by atomic mass is 16.5. The second-order valence-electron chi connectivity index (χ2n) is 4.11. The summed E-state index contributed by atoms with van der Waals surface area (Å²) in [7, 11) is 0. The molecule has 0 bridgehead atoms. The Balaban J connectivity index is 2.24. The lowest BCUT2D eigenvalue weighted by Gasteiger charge is -2.06. The van der Waals surface area contributed by atoms with Gasteiger partial charge in [0, 0.05) is 11.8 Å². The molecular formula is C16H17NO3. The summed E-state index contributed by atoms with van der Waals surface area (Å²) in [6.45, 7) is 4.72. The van der Waals surface area contributed by atoms with Gasteiger partial charge in [0.25, 0.3) is 0 Å². The van der Waals surface area contributed by atoms with Crippen molar-refractivity contribution in [2.24, 2.45) is 0 Å². The van der Waals surface area contributed by atoms with E-state index in [4.69, 9.17) is 9.47 Å². The molecule has 2 rings (SSSR count). The van der Waals surface area contributed by atoms with E-state index < -0.39 is 0 Å². The third-order valence-corrected chi connectivity index (χ3v) is 2.73. The van der Waals surface area contributed by atoms with Gasteiger partial charge in [-0.2, -0.15) is 0 Å². The Kier molecular flexibility index (Phi) is 4.71. The van der Waals surface area contributed by atoms with Crippen LogP contribution in [0.4, 0.5) is 0 Å². The number of rotatable bonds is 5. The molecule has 0 aliphatic carbocycles. The van der Waals surface area contributed by atoms with E-state index in [-0.39, 0.29) is 5.97 Å². The van der Waals surface area contributed by atoms with Crippen molar-refractivity contribution in [1.82, 2.24) is 4.98 Å². The summed E-state index contributed by atoms with van der Waals surface area (Å²) >= 11 is 0. The average molecular weight is 271 g/mol. The standard InChI is InChI=1S/C16H17NO3/c1-3-19-14-7-5-12(6-8-14)15-11-13(9-10-17-15)16(18)20-4-2/h5-11H,3-4H2,1-2H3. The van der Waals surface area contributed by atoms with Gasteiger partial charge in [-0.05, 0) is 50.2 Å². The minimum atomic E-state index is -0.331. The van der Waals surface area contributed by atoms with Gasteiger partial charge in [0.2, 0.25) is 0 Å². The lowest BCUT2D eigenvalue weighted by molar-refractivity contribution is 0.0526. The number of nitrogens with zero attached hydrogens (tertiary/aromatic N) is 1. The minimum Gasteiger partial charge on any atom is -0.494 e. The zero-order valence-corrected chi connectivity index (χ0v) is 11.6. The van der Waals surface area contributed by atoms with Crippen LogP contribution in [-0.2, 0) is 4.74 Å². The number of hydrogen-bond acceptors (Lipinski definition) is 4. The molecule has 104 valence electrons. The first-order chi connectivity index (χ1) is 9.74. The molecule has 0 aliphatic rings. The summed E-state index contributed by atoms with van der Waals surface area (Å²) in [5.74, 6) is 0.486. The summed E-state index contributed by atoms with van der Waals surface area (Å²) in [4.78, 5) is 16.0. The molecule has 0 saturated carbocycles. The molecule has 0 unspecified atom stereocenters. The molecule has 1 aromatic carbocycles. The summed E-state index contributed by atoms with van der Waals surface area (Å²) in [6, 6.07) is 11.0. The fraction of sp³-hybridized carbons (Fsp3) is 0.250. The maximum atomic E-state index is 11.7. The van der Waals surface area contributed by atoms with Crippen molar-refractivity contribution in [3.63, 3.8) is 0 Å². The molecule has 2 aromatic rings. The molecule has 0 atom stereocenters. The van der Waals surface area contributed by atoms with Gasteiger partial charge in [0.1, 0.15) is 5.75 Å². The van der Waals surface area contributed by atoms with Crippen molar-refractivity contribution >= 4 is 5.97 Å². The molecule has 0 aliphatic heterocycles. The number of pyridine rings is 1. The second-order valence-corrected chi connectivity index (χ2v) is 4.11. The Hall–Kier alpha value is -2.36. The van der Waals surface area contributed by atoms with Crippen LogP contribution in [0.3, 0.4) is 0 Å². The topological polar surface area (TPSA) is 48.4 Å². The summed E-state index contributed by atoms with van der Waals surface area (Å²) in [6.07, 6.45) is 1.61. The number of carbonyl (C=O) groups is 1. The van der Waals surface area contributed by atoms with Gasteiger partial charge in [0.15, 0.2) is 0 Å². The monoisotopic (exact) mass is 271 g/mol. The maximum absolute atomic E-state index is 11.7. The number of ether oxygens (including phenoxy) is 2. The minimum absolute atomic E-state index is 0.331. The third kappa shape index (κ3) is 3.35. The Morgan fingerprint density at radius 2 is 1.85 bits per heavy atom. The molecule has 20 heavy (non-hydrogen) atoms. The van der Waals surface area contributed by atoms with Gasteiger partial charge in [-0.1, -0.05) is 0 Å². The van der Waals surface area contributed by atoms with Crippen molar-refractivity contribution in [2.75, 3.05) is 13.2 Å². The van der Waals surface area contributed by atoms with Crippen molar-refractivity contribution in [2.45, 2.75) is 13.8 Å². The zero-order chi connectivity index (χ0) is 14.4. The van der Waals surface area contributed by atoms with Gasteiger partial charge >= 0.3 is 5.97 Å². The molecule has 4 heteroatoms. The maximum Gasteiger partial charge on any atom is 0.338 e. The molecule has 0 N–H and O–H groups in total. The fourth-order valence-electron chi connectivity index (χ4n) is 1.82. The van der Waals surface area contributed by atoms with Gasteiger partial charge in [-0.25, -0.2) is 4.79 Å². The predicted octanol–water partition coefficient (Wildman–Crippen LogP) is 3.32. The van der Waals surface area contributed by atoms with E-state index in [0.717, 1.165) is 17.0 Å². The van der Waals surface area contributed by atoms with E-state index in [0.29, 0.717) is 18.8 Å². The van der Waals surface area contributed by atoms with Crippen LogP contribution in [-0.4, -0.2) is 24.2 Å². The molecule has 1 heterocycles. The third-order valence-electron chi connectivity index (χ3n) is 2.73. The van der Waals surface area contributed by atoms with Crippen molar-refractivity contribution in [1.29, 1.82) is 0 Å². The van der Waals surface area contributed by atoms with Crippen molar-refractivity contribution in [3.05, 3.63) is 48.2 Å². The first-order valence-electron chi connectivity index (χ1n) is 6.61. The number of hydrogen-bond donors (Lipinski definition) is 0. The molecule has 4 nitrogen and oxygen atoms in total. The largest absolute Gasteiger partial charge is 0.494 e. The van der Waals surface area contributed by atoms with E-state index in [1.807, 2.05) is 31.2 Å². The van der Waals surface area contributed by atoms with Crippen molar-refractivity contribution < 1.29 is 14.3 Å². The van der Waals surface area contributed by atoms with Crippen LogP contribution in [0.2, 0.25) is 0 Å². The zero-order valence-electron chi connectivity index (χ0n) is 11.6. The van der Waals surface area contributed by atoms with Crippen LogP contribution in [0, 0.1) is 0 Å². The number of carbonyl (C=O) groups excluding carboxylic acids is 1. The quantitative estimate of drug-likeness (QED) is 0.783. The van der Waals surface area contributed by atoms with Gasteiger partial charge in [-0.15, -0.1) is 0 Å². The SMILES string of the molecule is CCOC(=O)c1ccnc(-c2ccc(OCC)cc2)c1. The smallest absolute Gasteiger partial charge is 0.338 e. The summed E-state index contributed by atoms with van der Waals surface area (Å²) < 4.78 is 10.4. The number of benzene rings is 1. The van der Waals surface area contributed by atoms with Crippen LogP contribution in [0.5, 0.6) is 5.75 Å². The highest BCUT2D eigenvalue weighted by Crippen LogP contribution is 2.21. The van der Waals surface area contributed by atoms with Crippen LogP contribution in [0.1, 0.15) is 24.2 Å². The molecule has 0 amide bonds. The van der Waals surface area contributed by atoms with Crippen LogP contribution in [0.15, 0.2) is 42.6 Å². The number of esters is 1. The lowest BCUT2D eigenvalue weighted by Crippen LogP contribution is -2.04. The van der Waals surface area contributed by atoms with E-state index >= 15 is 0 Å². The predicted molar refractivity (Wildman–Crippen MR) is 76.8 cm³/mol. The van der Waals surface area contributed by atoms with E-state index in [1.165, 1.54) is 0 Å². The summed E-state index contributed by atoms with van der Waals surface area (Å²) in [5, 5.41) is 0. The number of aromatic nitrogens is 1.